The molecule has 4 heteroatoms. The zero-order valence-corrected chi connectivity index (χ0v) is 12.0. The van der Waals surface area contributed by atoms with Gasteiger partial charge < -0.3 is 10.2 Å². The summed E-state index contributed by atoms with van der Waals surface area (Å²) in [5.74, 6) is -0.0257. The molecule has 0 aliphatic heterocycles. The van der Waals surface area contributed by atoms with Crippen molar-refractivity contribution in [3.05, 3.63) is 29.3 Å². The number of benzene rings is 1. The Hall–Kier alpha value is -2.02. The van der Waals surface area contributed by atoms with Gasteiger partial charge in [-0.2, -0.15) is 5.26 Å². The van der Waals surface area contributed by atoms with Gasteiger partial charge in [-0.05, 0) is 45.4 Å². The third-order valence-electron chi connectivity index (χ3n) is 2.78. The van der Waals surface area contributed by atoms with Crippen LogP contribution in [-0.2, 0) is 4.79 Å². The molecule has 0 aliphatic rings. The van der Waals surface area contributed by atoms with Crippen LogP contribution in [0.4, 0.5) is 5.69 Å². The van der Waals surface area contributed by atoms with Gasteiger partial charge in [0.25, 0.3) is 0 Å². The summed E-state index contributed by atoms with van der Waals surface area (Å²) in [5.41, 5.74) is 2.51. The predicted octanol–water partition coefficient (Wildman–Crippen LogP) is 2.22. The number of rotatable bonds is 5. The predicted molar refractivity (Wildman–Crippen MR) is 77.1 cm³/mol. The van der Waals surface area contributed by atoms with Crippen LogP contribution in [0, 0.1) is 18.3 Å². The SMILES string of the molecule is CCN(CC(=O)NC(C)C)c1cc(C)ccc1C#N. The van der Waals surface area contributed by atoms with Crippen LogP contribution in [0.15, 0.2) is 18.2 Å². The minimum Gasteiger partial charge on any atom is -0.361 e. The lowest BCUT2D eigenvalue weighted by molar-refractivity contribution is -0.120. The Labute approximate surface area is 115 Å². The average Bonchev–Trinajstić information content (AvgIpc) is 2.35. The Kier molecular flexibility index (Phi) is 5.37. The molecule has 0 heterocycles. The van der Waals surface area contributed by atoms with E-state index in [2.05, 4.69) is 11.4 Å². The van der Waals surface area contributed by atoms with Crippen molar-refractivity contribution >= 4 is 11.6 Å². The average molecular weight is 259 g/mol. The molecule has 0 atom stereocenters. The molecule has 102 valence electrons. The number of amides is 1. The van der Waals surface area contributed by atoms with Crippen molar-refractivity contribution < 1.29 is 4.79 Å². The number of anilines is 1. The zero-order chi connectivity index (χ0) is 14.4. The second kappa shape index (κ2) is 6.79. The Morgan fingerprint density at radius 3 is 2.68 bits per heavy atom. The van der Waals surface area contributed by atoms with Crippen molar-refractivity contribution in [2.24, 2.45) is 0 Å². The van der Waals surface area contributed by atoms with Gasteiger partial charge in [-0.15, -0.1) is 0 Å². The molecule has 0 aromatic heterocycles. The monoisotopic (exact) mass is 259 g/mol. The molecule has 0 spiro atoms. The summed E-state index contributed by atoms with van der Waals surface area (Å²) in [5, 5.41) is 12.0. The van der Waals surface area contributed by atoms with E-state index >= 15 is 0 Å². The third-order valence-corrected chi connectivity index (χ3v) is 2.78. The first-order chi connectivity index (χ1) is 8.97. The number of carbonyl (C=O) groups excluding carboxylic acids is 1. The molecule has 1 rings (SSSR count). The minimum absolute atomic E-state index is 0.0257. The fraction of sp³-hybridized carbons (Fsp3) is 0.467. The van der Waals surface area contributed by atoms with Gasteiger partial charge in [0.15, 0.2) is 0 Å². The first kappa shape index (κ1) is 15.0. The molecule has 0 fully saturated rings. The molecular formula is C15H21N3O. The Bertz CT molecular complexity index is 489. The Balaban J connectivity index is 2.94. The first-order valence-corrected chi connectivity index (χ1v) is 6.53. The van der Waals surface area contributed by atoms with Gasteiger partial charge in [0.2, 0.25) is 5.91 Å². The number of hydrogen-bond acceptors (Lipinski definition) is 3. The van der Waals surface area contributed by atoms with E-state index in [1.54, 1.807) is 6.07 Å². The summed E-state index contributed by atoms with van der Waals surface area (Å²) in [6.45, 7) is 8.78. The van der Waals surface area contributed by atoms with E-state index in [9.17, 15) is 4.79 Å². The molecule has 0 aliphatic carbocycles. The van der Waals surface area contributed by atoms with Crippen molar-refractivity contribution in [1.82, 2.24) is 5.32 Å². The third kappa shape index (κ3) is 4.29. The molecular weight excluding hydrogens is 238 g/mol. The number of aryl methyl sites for hydroxylation is 1. The zero-order valence-electron chi connectivity index (χ0n) is 12.0. The summed E-state index contributed by atoms with van der Waals surface area (Å²) in [6, 6.07) is 7.96. The number of nitriles is 1. The molecule has 1 N–H and O–H groups in total. The van der Waals surface area contributed by atoms with Crippen LogP contribution in [0.5, 0.6) is 0 Å². The lowest BCUT2D eigenvalue weighted by atomic mass is 10.1. The lowest BCUT2D eigenvalue weighted by Crippen LogP contribution is -2.40. The minimum atomic E-state index is -0.0257. The van der Waals surface area contributed by atoms with Crippen molar-refractivity contribution in [3.8, 4) is 6.07 Å². The molecule has 0 bridgehead atoms. The highest BCUT2D eigenvalue weighted by atomic mass is 16.2. The molecule has 0 saturated heterocycles. The topological polar surface area (TPSA) is 56.1 Å². The van der Waals surface area contributed by atoms with Crippen LogP contribution in [0.25, 0.3) is 0 Å². The van der Waals surface area contributed by atoms with Crippen molar-refractivity contribution in [2.45, 2.75) is 33.7 Å². The van der Waals surface area contributed by atoms with Gasteiger partial charge in [-0.25, -0.2) is 0 Å². The number of likely N-dealkylation sites (N-methyl/N-ethyl adjacent to an activating group) is 1. The van der Waals surface area contributed by atoms with Crippen molar-refractivity contribution in [2.75, 3.05) is 18.0 Å². The number of carbonyl (C=O) groups is 1. The molecule has 1 aromatic carbocycles. The second-order valence-electron chi connectivity index (χ2n) is 4.87. The highest BCUT2D eigenvalue weighted by Crippen LogP contribution is 2.21. The van der Waals surface area contributed by atoms with Crippen molar-refractivity contribution in [1.29, 1.82) is 5.26 Å². The first-order valence-electron chi connectivity index (χ1n) is 6.53. The van der Waals surface area contributed by atoms with E-state index in [1.165, 1.54) is 0 Å². The van der Waals surface area contributed by atoms with Gasteiger partial charge in [0.05, 0.1) is 17.8 Å². The second-order valence-corrected chi connectivity index (χ2v) is 4.87. The lowest BCUT2D eigenvalue weighted by Gasteiger charge is -2.24. The maximum atomic E-state index is 11.8. The smallest absolute Gasteiger partial charge is 0.239 e. The van der Waals surface area contributed by atoms with Crippen molar-refractivity contribution in [3.63, 3.8) is 0 Å². The van der Waals surface area contributed by atoms with Gasteiger partial charge in [-0.1, -0.05) is 6.07 Å². The molecule has 0 radical (unpaired) electrons. The molecule has 1 amide bonds. The van der Waals surface area contributed by atoms with E-state index in [-0.39, 0.29) is 18.5 Å². The maximum Gasteiger partial charge on any atom is 0.239 e. The highest BCUT2D eigenvalue weighted by Gasteiger charge is 2.14. The fourth-order valence-electron chi connectivity index (χ4n) is 1.91. The van der Waals surface area contributed by atoms with Gasteiger partial charge in [0.1, 0.15) is 6.07 Å². The Morgan fingerprint density at radius 1 is 1.47 bits per heavy atom. The summed E-state index contributed by atoms with van der Waals surface area (Å²) >= 11 is 0. The van der Waals surface area contributed by atoms with Crippen LogP contribution in [0.3, 0.4) is 0 Å². The Morgan fingerprint density at radius 2 is 2.16 bits per heavy atom. The van der Waals surface area contributed by atoms with E-state index in [4.69, 9.17) is 5.26 Å². The van der Waals surface area contributed by atoms with Crippen LogP contribution in [0.1, 0.15) is 31.9 Å². The molecule has 0 saturated carbocycles. The maximum absolute atomic E-state index is 11.8. The van der Waals surface area contributed by atoms with Crippen LogP contribution in [0.2, 0.25) is 0 Å². The van der Waals surface area contributed by atoms with Crippen LogP contribution >= 0.6 is 0 Å². The summed E-state index contributed by atoms with van der Waals surface area (Å²) in [6.07, 6.45) is 0. The fourth-order valence-corrected chi connectivity index (χ4v) is 1.91. The molecule has 0 unspecified atom stereocenters. The van der Waals surface area contributed by atoms with E-state index in [0.717, 1.165) is 11.3 Å². The largest absolute Gasteiger partial charge is 0.361 e. The quantitative estimate of drug-likeness (QED) is 0.882. The molecule has 19 heavy (non-hydrogen) atoms. The van der Waals surface area contributed by atoms with Gasteiger partial charge >= 0.3 is 0 Å². The van der Waals surface area contributed by atoms with E-state index in [0.29, 0.717) is 12.1 Å². The summed E-state index contributed by atoms with van der Waals surface area (Å²) < 4.78 is 0. The van der Waals surface area contributed by atoms with Gasteiger partial charge in [0, 0.05) is 12.6 Å². The molecule has 1 aromatic rings. The van der Waals surface area contributed by atoms with Crippen LogP contribution < -0.4 is 10.2 Å². The summed E-state index contributed by atoms with van der Waals surface area (Å²) in [7, 11) is 0. The van der Waals surface area contributed by atoms with Crippen LogP contribution in [-0.4, -0.2) is 25.0 Å². The number of hydrogen-bond donors (Lipinski definition) is 1. The highest BCUT2D eigenvalue weighted by molar-refractivity contribution is 5.82. The molecule has 4 nitrogen and oxygen atoms in total. The number of nitrogens with one attached hydrogen (secondary N) is 1. The number of nitrogens with zero attached hydrogens (tertiary/aromatic N) is 2. The van der Waals surface area contributed by atoms with E-state index < -0.39 is 0 Å². The van der Waals surface area contributed by atoms with Gasteiger partial charge in [-0.3, -0.25) is 4.79 Å². The summed E-state index contributed by atoms with van der Waals surface area (Å²) in [4.78, 5) is 13.8. The standard InChI is InChI=1S/C15H21N3O/c1-5-18(10-15(19)17-11(2)3)14-8-12(4)6-7-13(14)9-16/h6-8,11H,5,10H2,1-4H3,(H,17,19). The normalized spacial score (nSPS) is 10.1. The van der Waals surface area contributed by atoms with E-state index in [1.807, 2.05) is 44.7 Å².